The Bertz CT molecular complexity index is 327. The number of amides is 1. The first-order valence-electron chi connectivity index (χ1n) is 4.82. The first-order chi connectivity index (χ1) is 7.15. The fraction of sp³-hybridized carbons (Fsp3) is 0.500. The molecular weight excluding hydrogens is 232 g/mol. The quantitative estimate of drug-likeness (QED) is 0.779. The maximum atomic E-state index is 11.7. The van der Waals surface area contributed by atoms with Gasteiger partial charge < -0.3 is 10.6 Å². The summed E-state index contributed by atoms with van der Waals surface area (Å²) in [6.07, 6.45) is 0. The van der Waals surface area contributed by atoms with E-state index in [0.717, 1.165) is 15.8 Å². The molecular formula is C10H15ClN2OS. The molecule has 5 heteroatoms. The van der Waals surface area contributed by atoms with E-state index in [2.05, 4.69) is 10.6 Å². The van der Waals surface area contributed by atoms with Gasteiger partial charge in [0, 0.05) is 18.0 Å². The Labute approximate surface area is 98.8 Å². The minimum Gasteiger partial charge on any atom is -0.354 e. The molecule has 0 saturated heterocycles. The van der Waals surface area contributed by atoms with Crippen LogP contribution in [-0.4, -0.2) is 26.0 Å². The molecule has 1 atom stereocenters. The van der Waals surface area contributed by atoms with Crippen molar-refractivity contribution in [1.29, 1.82) is 0 Å². The Hall–Kier alpha value is -0.580. The van der Waals surface area contributed by atoms with E-state index in [-0.39, 0.29) is 11.8 Å². The lowest BCUT2D eigenvalue weighted by molar-refractivity contribution is -0.122. The summed E-state index contributed by atoms with van der Waals surface area (Å²) in [6.45, 7) is 3.32. The summed E-state index contributed by atoms with van der Waals surface area (Å²) < 4.78 is 0.722. The lowest BCUT2D eigenvalue weighted by Gasteiger charge is -2.09. The Morgan fingerprint density at radius 3 is 2.80 bits per heavy atom. The van der Waals surface area contributed by atoms with Gasteiger partial charge in [0.25, 0.3) is 0 Å². The first kappa shape index (κ1) is 12.5. The third kappa shape index (κ3) is 3.81. The fourth-order valence-electron chi connectivity index (χ4n) is 1.15. The van der Waals surface area contributed by atoms with Gasteiger partial charge >= 0.3 is 0 Å². The van der Waals surface area contributed by atoms with Gasteiger partial charge in [0.2, 0.25) is 5.91 Å². The van der Waals surface area contributed by atoms with Crippen molar-refractivity contribution in [2.24, 2.45) is 0 Å². The Morgan fingerprint density at radius 2 is 2.27 bits per heavy atom. The maximum absolute atomic E-state index is 11.7. The normalized spacial score (nSPS) is 12.5. The van der Waals surface area contributed by atoms with Gasteiger partial charge in [-0.25, -0.2) is 0 Å². The maximum Gasteiger partial charge on any atom is 0.228 e. The van der Waals surface area contributed by atoms with Gasteiger partial charge in [0.1, 0.15) is 0 Å². The van der Waals surface area contributed by atoms with Crippen LogP contribution in [0.4, 0.5) is 0 Å². The Balaban J connectivity index is 2.46. The van der Waals surface area contributed by atoms with E-state index in [9.17, 15) is 4.79 Å². The van der Waals surface area contributed by atoms with Gasteiger partial charge in [-0.15, -0.1) is 11.3 Å². The molecule has 1 heterocycles. The van der Waals surface area contributed by atoms with Gasteiger partial charge in [0.05, 0.1) is 10.3 Å². The number of rotatable bonds is 5. The van der Waals surface area contributed by atoms with E-state index in [1.165, 1.54) is 11.3 Å². The van der Waals surface area contributed by atoms with Crippen LogP contribution in [0, 0.1) is 0 Å². The molecule has 15 heavy (non-hydrogen) atoms. The molecule has 1 aromatic heterocycles. The zero-order valence-electron chi connectivity index (χ0n) is 8.84. The van der Waals surface area contributed by atoms with E-state index in [1.54, 1.807) is 0 Å². The van der Waals surface area contributed by atoms with Crippen molar-refractivity contribution in [2.75, 3.05) is 20.1 Å². The molecule has 0 aliphatic carbocycles. The van der Waals surface area contributed by atoms with Crippen molar-refractivity contribution in [3.8, 4) is 0 Å². The van der Waals surface area contributed by atoms with E-state index in [0.29, 0.717) is 6.54 Å². The third-order valence-electron chi connectivity index (χ3n) is 2.09. The summed E-state index contributed by atoms with van der Waals surface area (Å²) in [5, 5.41) is 5.83. The second-order valence-electron chi connectivity index (χ2n) is 3.26. The molecule has 84 valence electrons. The highest BCUT2D eigenvalue weighted by Crippen LogP contribution is 2.27. The third-order valence-corrected chi connectivity index (χ3v) is 3.50. The van der Waals surface area contributed by atoms with Gasteiger partial charge in [-0.05, 0) is 26.1 Å². The van der Waals surface area contributed by atoms with Crippen molar-refractivity contribution in [1.82, 2.24) is 10.6 Å². The number of thiophene rings is 1. The zero-order valence-corrected chi connectivity index (χ0v) is 10.4. The first-order valence-corrected chi connectivity index (χ1v) is 6.02. The zero-order chi connectivity index (χ0) is 11.3. The average Bonchev–Trinajstić information content (AvgIpc) is 2.64. The predicted octanol–water partition coefficient (Wildman–Crippen LogP) is 1.84. The van der Waals surface area contributed by atoms with Crippen LogP contribution >= 0.6 is 22.9 Å². The van der Waals surface area contributed by atoms with Crippen LogP contribution in [0.15, 0.2) is 12.1 Å². The summed E-state index contributed by atoms with van der Waals surface area (Å²) in [5.74, 6) is -0.0804. The molecule has 0 saturated carbocycles. The number of carbonyl (C=O) groups is 1. The lowest BCUT2D eigenvalue weighted by Crippen LogP contribution is -2.33. The number of likely N-dealkylation sites (N-methyl/N-ethyl adjacent to an activating group) is 1. The fourth-order valence-corrected chi connectivity index (χ4v) is 2.27. The highest BCUT2D eigenvalue weighted by Gasteiger charge is 2.16. The molecule has 0 aliphatic rings. The van der Waals surface area contributed by atoms with Crippen LogP contribution in [0.5, 0.6) is 0 Å². The van der Waals surface area contributed by atoms with Crippen molar-refractivity contribution in [2.45, 2.75) is 12.8 Å². The molecule has 0 aliphatic heterocycles. The van der Waals surface area contributed by atoms with Gasteiger partial charge in [0.15, 0.2) is 0 Å². The van der Waals surface area contributed by atoms with Crippen LogP contribution in [0.25, 0.3) is 0 Å². The van der Waals surface area contributed by atoms with Gasteiger partial charge in [-0.2, -0.15) is 0 Å². The summed E-state index contributed by atoms with van der Waals surface area (Å²) >= 11 is 7.27. The number of hydrogen-bond donors (Lipinski definition) is 2. The van der Waals surface area contributed by atoms with Crippen LogP contribution in [0.3, 0.4) is 0 Å². The molecule has 1 rings (SSSR count). The minimum absolute atomic E-state index is 0.0452. The predicted molar refractivity (Wildman–Crippen MR) is 64.7 cm³/mol. The average molecular weight is 247 g/mol. The van der Waals surface area contributed by atoms with Crippen LogP contribution in [0.1, 0.15) is 17.7 Å². The second kappa shape index (κ2) is 6.10. The molecule has 0 radical (unpaired) electrons. The van der Waals surface area contributed by atoms with Gasteiger partial charge in [-0.3, -0.25) is 4.79 Å². The Morgan fingerprint density at radius 1 is 1.53 bits per heavy atom. The minimum atomic E-state index is -0.126. The molecule has 0 fully saturated rings. The summed E-state index contributed by atoms with van der Waals surface area (Å²) in [5.41, 5.74) is 0. The van der Waals surface area contributed by atoms with E-state index in [4.69, 9.17) is 11.6 Å². The Kier molecular flexibility index (Phi) is 5.08. The molecule has 1 aromatic rings. The highest BCUT2D eigenvalue weighted by atomic mass is 35.5. The lowest BCUT2D eigenvalue weighted by atomic mass is 10.1. The molecule has 0 spiro atoms. The molecule has 1 amide bonds. The molecule has 0 bridgehead atoms. The number of nitrogens with one attached hydrogen (secondary N) is 2. The van der Waals surface area contributed by atoms with Crippen molar-refractivity contribution >= 4 is 28.8 Å². The highest BCUT2D eigenvalue weighted by molar-refractivity contribution is 7.16. The second-order valence-corrected chi connectivity index (χ2v) is 5.00. The number of hydrogen-bond acceptors (Lipinski definition) is 3. The van der Waals surface area contributed by atoms with Gasteiger partial charge in [-0.1, -0.05) is 11.6 Å². The van der Waals surface area contributed by atoms with Crippen LogP contribution < -0.4 is 10.6 Å². The summed E-state index contributed by atoms with van der Waals surface area (Å²) in [6, 6.07) is 3.72. The van der Waals surface area contributed by atoms with E-state index < -0.39 is 0 Å². The molecule has 1 unspecified atom stereocenters. The standard InChI is InChI=1S/C10H15ClN2OS/c1-7(8-3-4-9(11)15-8)10(14)13-6-5-12-2/h3-4,7,12H,5-6H2,1-2H3,(H,13,14). The van der Waals surface area contributed by atoms with Crippen molar-refractivity contribution in [3.63, 3.8) is 0 Å². The number of carbonyl (C=O) groups excluding carboxylic acids is 1. The van der Waals surface area contributed by atoms with Crippen molar-refractivity contribution < 1.29 is 4.79 Å². The smallest absolute Gasteiger partial charge is 0.228 e. The number of halogens is 1. The van der Waals surface area contributed by atoms with Crippen molar-refractivity contribution in [3.05, 3.63) is 21.3 Å². The van der Waals surface area contributed by atoms with E-state index in [1.807, 2.05) is 26.1 Å². The van der Waals surface area contributed by atoms with Crippen LogP contribution in [0.2, 0.25) is 4.34 Å². The topological polar surface area (TPSA) is 41.1 Å². The largest absolute Gasteiger partial charge is 0.354 e. The van der Waals surface area contributed by atoms with E-state index >= 15 is 0 Å². The monoisotopic (exact) mass is 246 g/mol. The molecule has 0 aromatic carbocycles. The molecule has 3 nitrogen and oxygen atoms in total. The summed E-state index contributed by atoms with van der Waals surface area (Å²) in [4.78, 5) is 12.7. The summed E-state index contributed by atoms with van der Waals surface area (Å²) in [7, 11) is 1.86. The van der Waals surface area contributed by atoms with Crippen LogP contribution in [-0.2, 0) is 4.79 Å². The SMILES string of the molecule is CNCCNC(=O)C(C)c1ccc(Cl)s1. The molecule has 2 N–H and O–H groups in total.